The summed E-state index contributed by atoms with van der Waals surface area (Å²) in [5.74, 6) is -0.590. The van der Waals surface area contributed by atoms with E-state index in [0.717, 1.165) is 38.5 Å². The number of carbonyl (C=O) groups excluding carboxylic acids is 2. The molecule has 0 radical (unpaired) electrons. The molecule has 0 spiro atoms. The molecule has 2 aromatic rings. The molecule has 3 atom stereocenters. The van der Waals surface area contributed by atoms with Gasteiger partial charge >= 0.3 is 0 Å². The third-order valence-corrected chi connectivity index (χ3v) is 7.83. The Morgan fingerprint density at radius 1 is 1.08 bits per heavy atom. The largest absolute Gasteiger partial charge is 0.343 e. The van der Waals surface area contributed by atoms with Crippen LogP contribution in [0.15, 0.2) is 36.5 Å². The molecule has 2 amide bonds. The lowest BCUT2D eigenvalue weighted by atomic mass is 9.83. The minimum absolute atomic E-state index is 0.0676. The van der Waals surface area contributed by atoms with Gasteiger partial charge in [-0.2, -0.15) is 0 Å². The number of benzene rings is 1. The lowest BCUT2D eigenvalue weighted by molar-refractivity contribution is -0.139. The van der Waals surface area contributed by atoms with E-state index in [1.165, 1.54) is 18.3 Å². The van der Waals surface area contributed by atoms with Crippen molar-refractivity contribution in [2.45, 2.75) is 70.0 Å². The van der Waals surface area contributed by atoms with Gasteiger partial charge in [0.15, 0.2) is 0 Å². The van der Waals surface area contributed by atoms with Crippen LogP contribution < -0.4 is 15.5 Å². The van der Waals surface area contributed by atoms with Crippen LogP contribution in [0.2, 0.25) is 0 Å². The van der Waals surface area contributed by atoms with E-state index < -0.39 is 23.9 Å². The molecule has 200 valence electrons. The Bertz CT molecular complexity index is 1090. The number of hydrogen-bond donors (Lipinski definition) is 2. The molecule has 37 heavy (non-hydrogen) atoms. The fraction of sp³-hybridized carbons (Fsp3) is 0.536. The van der Waals surface area contributed by atoms with Crippen molar-refractivity contribution in [3.63, 3.8) is 0 Å². The van der Waals surface area contributed by atoms with E-state index in [-0.39, 0.29) is 23.5 Å². The Labute approximate surface area is 217 Å². The Hall–Kier alpha value is -3.07. The van der Waals surface area contributed by atoms with Gasteiger partial charge in [-0.05, 0) is 75.9 Å². The highest BCUT2D eigenvalue weighted by Crippen LogP contribution is 2.37. The molecule has 1 aromatic carbocycles. The van der Waals surface area contributed by atoms with Gasteiger partial charge < -0.3 is 20.4 Å². The normalized spacial score (nSPS) is 19.9. The number of anilines is 2. The number of hydrogen-bond acceptors (Lipinski definition) is 5. The molecule has 1 unspecified atom stereocenters. The first-order chi connectivity index (χ1) is 17.8. The maximum atomic E-state index is 15.1. The van der Waals surface area contributed by atoms with Crippen molar-refractivity contribution in [3.05, 3.63) is 53.7 Å². The molecule has 2 N–H and O–H groups in total. The van der Waals surface area contributed by atoms with Crippen molar-refractivity contribution in [2.24, 2.45) is 5.92 Å². The van der Waals surface area contributed by atoms with E-state index in [2.05, 4.69) is 15.6 Å². The Morgan fingerprint density at radius 3 is 2.46 bits per heavy atom. The van der Waals surface area contributed by atoms with Gasteiger partial charge in [0.25, 0.3) is 0 Å². The lowest BCUT2D eigenvalue weighted by Crippen LogP contribution is -2.55. The zero-order valence-electron chi connectivity index (χ0n) is 21.8. The zero-order valence-corrected chi connectivity index (χ0v) is 21.8. The molecule has 9 heteroatoms. The van der Waals surface area contributed by atoms with Gasteiger partial charge in [-0.3, -0.25) is 9.59 Å². The van der Waals surface area contributed by atoms with Gasteiger partial charge in [0.05, 0.1) is 18.3 Å². The number of nitrogens with one attached hydrogen (secondary N) is 2. The van der Waals surface area contributed by atoms with E-state index in [1.54, 1.807) is 49.0 Å². The fourth-order valence-electron chi connectivity index (χ4n) is 5.47. The summed E-state index contributed by atoms with van der Waals surface area (Å²) in [7, 11) is 3.50. The molecule has 1 saturated carbocycles. The van der Waals surface area contributed by atoms with Gasteiger partial charge in [-0.1, -0.05) is 19.3 Å². The van der Waals surface area contributed by atoms with E-state index in [0.29, 0.717) is 30.0 Å². The van der Waals surface area contributed by atoms with Crippen LogP contribution in [0.25, 0.3) is 0 Å². The smallest absolute Gasteiger partial charge is 0.245 e. The Balaban J connectivity index is 1.60. The predicted molar refractivity (Wildman–Crippen MR) is 139 cm³/mol. The number of aromatic nitrogens is 1. The molecule has 1 saturated heterocycles. The lowest BCUT2D eigenvalue weighted by Gasteiger charge is -2.35. The first-order valence-electron chi connectivity index (χ1n) is 13.2. The van der Waals surface area contributed by atoms with Crippen molar-refractivity contribution in [3.8, 4) is 0 Å². The van der Waals surface area contributed by atoms with Crippen molar-refractivity contribution in [2.75, 3.05) is 25.5 Å². The van der Waals surface area contributed by atoms with E-state index in [9.17, 15) is 14.0 Å². The number of likely N-dealkylation sites (tertiary alicyclic amines) is 1. The van der Waals surface area contributed by atoms with Gasteiger partial charge in [0.1, 0.15) is 23.5 Å². The standard InChI is InChI=1S/C28H37F2N5O2/c1-18(31-2)27(36)33-26(19-8-5-4-6-9-19)28(37)35-15-7-10-24(35)22-16-25(32-17-23(22)30)34(3)21-13-11-20(29)12-14-21/h11-14,16-19,24,26,31H,4-10,15H2,1-3H3,(H,33,36)/t18?,24-,26-/m0/s1. The summed E-state index contributed by atoms with van der Waals surface area (Å²) in [6.45, 7) is 2.27. The summed E-state index contributed by atoms with van der Waals surface area (Å²) in [5.41, 5.74) is 1.12. The van der Waals surface area contributed by atoms with Crippen molar-refractivity contribution in [1.29, 1.82) is 0 Å². The number of pyridine rings is 1. The summed E-state index contributed by atoms with van der Waals surface area (Å²) in [5, 5.41) is 5.96. The molecule has 4 rings (SSSR count). The van der Waals surface area contributed by atoms with Crippen LogP contribution in [0, 0.1) is 17.6 Å². The zero-order chi connectivity index (χ0) is 26.5. The number of likely N-dealkylation sites (N-methyl/N-ethyl adjacent to an activating group) is 1. The van der Waals surface area contributed by atoms with Crippen LogP contribution in [0.3, 0.4) is 0 Å². The molecule has 1 aromatic heterocycles. The molecule has 0 bridgehead atoms. The average molecular weight is 514 g/mol. The first kappa shape index (κ1) is 27.0. The van der Waals surface area contributed by atoms with Crippen LogP contribution in [0.4, 0.5) is 20.3 Å². The maximum Gasteiger partial charge on any atom is 0.245 e. The second kappa shape index (κ2) is 12.0. The summed E-state index contributed by atoms with van der Waals surface area (Å²) in [6.07, 6.45) is 7.54. The van der Waals surface area contributed by atoms with Crippen molar-refractivity contribution in [1.82, 2.24) is 20.5 Å². The SMILES string of the molecule is CNC(C)C(=O)N[C@H](C(=O)N1CCC[C@H]1c1cc(N(C)c2ccc(F)cc2)ncc1F)C1CCCCC1. The van der Waals surface area contributed by atoms with Gasteiger partial charge in [0.2, 0.25) is 11.8 Å². The molecule has 1 aliphatic heterocycles. The number of carbonyl (C=O) groups is 2. The van der Waals surface area contributed by atoms with E-state index >= 15 is 4.39 Å². The third-order valence-electron chi connectivity index (χ3n) is 7.83. The minimum Gasteiger partial charge on any atom is -0.343 e. The van der Waals surface area contributed by atoms with Crippen LogP contribution in [0.1, 0.15) is 63.5 Å². The highest BCUT2D eigenvalue weighted by Gasteiger charge is 2.40. The highest BCUT2D eigenvalue weighted by molar-refractivity contribution is 5.90. The van der Waals surface area contributed by atoms with Crippen LogP contribution in [-0.4, -0.2) is 54.4 Å². The monoisotopic (exact) mass is 513 g/mol. The molecular weight excluding hydrogens is 476 g/mol. The molecular formula is C28H37F2N5O2. The van der Waals surface area contributed by atoms with E-state index in [1.807, 2.05) is 0 Å². The quantitative estimate of drug-likeness (QED) is 0.545. The van der Waals surface area contributed by atoms with Crippen LogP contribution >= 0.6 is 0 Å². The van der Waals surface area contributed by atoms with Crippen LogP contribution in [-0.2, 0) is 9.59 Å². The molecule has 2 heterocycles. The second-order valence-corrected chi connectivity index (χ2v) is 10.2. The minimum atomic E-state index is -0.629. The number of amides is 2. The number of nitrogens with zero attached hydrogens (tertiary/aromatic N) is 3. The second-order valence-electron chi connectivity index (χ2n) is 10.2. The summed E-state index contributed by atoms with van der Waals surface area (Å²) in [6, 6.07) is 6.17. The van der Waals surface area contributed by atoms with Crippen molar-refractivity contribution >= 4 is 23.3 Å². The van der Waals surface area contributed by atoms with Gasteiger partial charge in [-0.15, -0.1) is 0 Å². The third kappa shape index (κ3) is 6.09. The van der Waals surface area contributed by atoms with Crippen LogP contribution in [0.5, 0.6) is 0 Å². The van der Waals surface area contributed by atoms with Crippen molar-refractivity contribution < 1.29 is 18.4 Å². The molecule has 1 aliphatic carbocycles. The topological polar surface area (TPSA) is 77.6 Å². The highest BCUT2D eigenvalue weighted by atomic mass is 19.1. The van der Waals surface area contributed by atoms with E-state index in [4.69, 9.17) is 0 Å². The summed E-state index contributed by atoms with van der Waals surface area (Å²) in [4.78, 5) is 34.5. The molecule has 2 aliphatic rings. The summed E-state index contributed by atoms with van der Waals surface area (Å²) >= 11 is 0. The molecule has 2 fully saturated rings. The Kier molecular flexibility index (Phi) is 8.74. The number of halogens is 2. The van der Waals surface area contributed by atoms with Gasteiger partial charge in [0, 0.05) is 24.8 Å². The first-order valence-corrected chi connectivity index (χ1v) is 13.2. The maximum absolute atomic E-state index is 15.1. The number of rotatable bonds is 8. The summed E-state index contributed by atoms with van der Waals surface area (Å²) < 4.78 is 28.5. The van der Waals surface area contributed by atoms with Gasteiger partial charge in [-0.25, -0.2) is 13.8 Å². The fourth-order valence-corrected chi connectivity index (χ4v) is 5.47. The Morgan fingerprint density at radius 2 is 1.78 bits per heavy atom. The average Bonchev–Trinajstić information content (AvgIpc) is 3.41. The predicted octanol–water partition coefficient (Wildman–Crippen LogP) is 4.46. The molecule has 7 nitrogen and oxygen atoms in total.